The molecule has 3 fully saturated rings. The van der Waals surface area contributed by atoms with Crippen LogP contribution in [0.4, 0.5) is 4.39 Å². The second-order valence-electron chi connectivity index (χ2n) is 11.5. The fraction of sp³-hybridized carbons (Fsp3) is 0.771. The molecule has 0 spiro atoms. The quantitative estimate of drug-likeness (QED) is 0.255. The molecule has 42 heavy (non-hydrogen) atoms. The van der Waals surface area contributed by atoms with Gasteiger partial charge in [0.15, 0.2) is 5.82 Å². The number of hydrogen-bond acceptors (Lipinski definition) is 5. The Morgan fingerprint density at radius 1 is 1.00 bits per heavy atom. The van der Waals surface area contributed by atoms with Crippen molar-refractivity contribution in [1.29, 1.82) is 0 Å². The summed E-state index contributed by atoms with van der Waals surface area (Å²) in [5, 5.41) is 3.64. The summed E-state index contributed by atoms with van der Waals surface area (Å²) in [6.45, 7) is 18.8. The van der Waals surface area contributed by atoms with E-state index in [1.165, 1.54) is 63.3 Å². The van der Waals surface area contributed by atoms with E-state index in [0.717, 1.165) is 43.8 Å². The zero-order valence-corrected chi connectivity index (χ0v) is 30.7. The highest BCUT2D eigenvalue weighted by Crippen LogP contribution is 2.49. The summed E-state index contributed by atoms with van der Waals surface area (Å²) in [6.07, 6.45) is 14.9. The van der Waals surface area contributed by atoms with Gasteiger partial charge in [0.1, 0.15) is 12.6 Å². The predicted octanol–water partition coefficient (Wildman–Crippen LogP) is 10.2. The second-order valence-corrected chi connectivity index (χ2v) is 12.8. The molecular weight excluding hydrogens is 567 g/mol. The molecule has 5 atom stereocenters. The number of aldehydes is 2. The Balaban J connectivity index is -0.000000494. The van der Waals surface area contributed by atoms with Crippen molar-refractivity contribution < 1.29 is 14.0 Å². The number of nitrogens with two attached hydrogens (primary N) is 1. The van der Waals surface area contributed by atoms with Gasteiger partial charge >= 0.3 is 0 Å². The minimum absolute atomic E-state index is 0.0389. The molecule has 0 radical (unpaired) electrons. The van der Waals surface area contributed by atoms with Gasteiger partial charge < -0.3 is 20.6 Å². The maximum absolute atomic E-state index is 12.8. The highest BCUT2D eigenvalue weighted by Gasteiger charge is 2.45. The molecule has 5 unspecified atom stereocenters. The Kier molecular flexibility index (Phi) is 28.6. The number of carbonyl (C=O) groups is 2. The maximum atomic E-state index is 12.8. The van der Waals surface area contributed by atoms with E-state index in [-0.39, 0.29) is 21.7 Å². The normalized spacial score (nSPS) is 26.0. The van der Waals surface area contributed by atoms with Crippen LogP contribution in [0, 0.1) is 34.4 Å². The highest BCUT2D eigenvalue weighted by atomic mass is 35.5. The molecule has 7 heteroatoms. The van der Waals surface area contributed by atoms with Crippen LogP contribution in [-0.4, -0.2) is 39.0 Å². The van der Waals surface area contributed by atoms with Crippen LogP contribution in [0.2, 0.25) is 5.02 Å². The number of hydrogen-bond donors (Lipinski definition) is 2. The van der Waals surface area contributed by atoms with Gasteiger partial charge in [-0.15, -0.1) is 11.8 Å². The van der Waals surface area contributed by atoms with Gasteiger partial charge in [0.05, 0.1) is 5.02 Å². The van der Waals surface area contributed by atoms with Crippen LogP contribution in [0.15, 0.2) is 23.1 Å². The lowest BCUT2D eigenvalue weighted by Gasteiger charge is -2.49. The van der Waals surface area contributed by atoms with Gasteiger partial charge in [-0.05, 0) is 88.8 Å². The summed E-state index contributed by atoms with van der Waals surface area (Å²) in [7, 11) is 3.56. The van der Waals surface area contributed by atoms with Crippen molar-refractivity contribution in [1.82, 2.24) is 5.32 Å². The lowest BCUT2D eigenvalue weighted by Crippen LogP contribution is -2.50. The number of nitrogens with one attached hydrogen (secondary N) is 1. The standard InChI is InChI=1S/C13H23NO.C7H6ClFS.C7H12O.C3H8.2C2H6.CH5N/c1-9-4-10-5-11(12(9)14-3)7-13(2,6-10)8-15;1-10-6-4-2-3-5(8)7(6)9;1-7(6-8)4-2-3-5-7;1-3-2;3*1-2/h8-12,14H,4-7H2,1-3H3;2-4H,1H3;6H,2-5H2,1H3;3H2,1-2H3;2*1-2H3;2H2,1H3. The van der Waals surface area contributed by atoms with Crippen LogP contribution in [0.1, 0.15) is 120 Å². The molecule has 0 aromatic heterocycles. The molecule has 3 aliphatic rings. The third-order valence-electron chi connectivity index (χ3n) is 7.73. The van der Waals surface area contributed by atoms with Crippen LogP contribution in [-0.2, 0) is 9.59 Å². The monoisotopic (exact) mass is 632 g/mol. The van der Waals surface area contributed by atoms with E-state index < -0.39 is 0 Å². The Morgan fingerprint density at radius 3 is 1.88 bits per heavy atom. The molecule has 0 amide bonds. The molecule has 4 rings (SSSR count). The lowest BCUT2D eigenvalue weighted by atomic mass is 9.58. The summed E-state index contributed by atoms with van der Waals surface area (Å²) < 4.78 is 12.8. The van der Waals surface area contributed by atoms with Crippen molar-refractivity contribution in [3.8, 4) is 0 Å². The molecule has 3 N–H and O–H groups in total. The minimum Gasteiger partial charge on any atom is -0.333 e. The zero-order chi connectivity index (χ0) is 33.4. The van der Waals surface area contributed by atoms with Gasteiger partial charge in [0.25, 0.3) is 0 Å². The molecule has 4 nitrogen and oxygen atoms in total. The van der Waals surface area contributed by atoms with Crippen LogP contribution >= 0.6 is 23.4 Å². The fourth-order valence-electron chi connectivity index (χ4n) is 6.09. The van der Waals surface area contributed by atoms with E-state index in [0.29, 0.717) is 16.9 Å². The lowest BCUT2D eigenvalue weighted by molar-refractivity contribution is -0.120. The smallest absolute Gasteiger partial charge is 0.155 e. The summed E-state index contributed by atoms with van der Waals surface area (Å²) in [5.41, 5.74) is 4.52. The van der Waals surface area contributed by atoms with Crippen molar-refractivity contribution in [2.75, 3.05) is 20.4 Å². The SMILES string of the molecule is CC.CC.CC1(C=O)CCCC1.CCC.CN.CNC1C(C)CC2CC1CC(C)(C=O)C2.CSc1cccc(Cl)c1F. The number of carbonyl (C=O) groups excluding carboxylic acids is 2. The molecule has 248 valence electrons. The summed E-state index contributed by atoms with van der Waals surface area (Å²) in [5.74, 6) is 1.96. The van der Waals surface area contributed by atoms with E-state index in [2.05, 4.69) is 45.8 Å². The van der Waals surface area contributed by atoms with E-state index in [1.54, 1.807) is 12.1 Å². The van der Waals surface area contributed by atoms with Crippen LogP contribution in [0.25, 0.3) is 0 Å². The van der Waals surface area contributed by atoms with Crippen molar-refractivity contribution in [3.05, 3.63) is 29.0 Å². The molecule has 3 saturated carbocycles. The van der Waals surface area contributed by atoms with Gasteiger partial charge in [-0.3, -0.25) is 0 Å². The number of thioether (sulfide) groups is 1. The first-order valence-electron chi connectivity index (χ1n) is 16.2. The van der Waals surface area contributed by atoms with Gasteiger partial charge in [-0.2, -0.15) is 0 Å². The van der Waals surface area contributed by atoms with E-state index >= 15 is 0 Å². The number of benzene rings is 1. The van der Waals surface area contributed by atoms with E-state index in [9.17, 15) is 14.0 Å². The predicted molar refractivity (Wildman–Crippen MR) is 186 cm³/mol. The number of fused-ring (bicyclic) bond motifs is 2. The second kappa shape index (κ2) is 26.5. The van der Waals surface area contributed by atoms with Crippen molar-refractivity contribution in [3.63, 3.8) is 0 Å². The maximum Gasteiger partial charge on any atom is 0.155 e. The molecule has 1 aromatic carbocycles. The molecule has 3 aliphatic carbocycles. The molecule has 0 saturated heterocycles. The van der Waals surface area contributed by atoms with Crippen LogP contribution in [0.5, 0.6) is 0 Å². The van der Waals surface area contributed by atoms with Gasteiger partial charge in [0.2, 0.25) is 0 Å². The zero-order valence-electron chi connectivity index (χ0n) is 29.1. The highest BCUT2D eigenvalue weighted by molar-refractivity contribution is 7.98. The third-order valence-corrected chi connectivity index (χ3v) is 8.78. The molecule has 1 aromatic rings. The average Bonchev–Trinajstić information content (AvgIpc) is 3.45. The first kappa shape index (κ1) is 45.5. The largest absolute Gasteiger partial charge is 0.333 e. The van der Waals surface area contributed by atoms with Crippen molar-refractivity contribution in [2.24, 2.45) is 34.3 Å². The Hall–Kier alpha value is -0.950. The first-order valence-corrected chi connectivity index (χ1v) is 17.8. The Bertz CT molecular complexity index is 805. The summed E-state index contributed by atoms with van der Waals surface area (Å²) in [4.78, 5) is 22.1. The summed E-state index contributed by atoms with van der Waals surface area (Å²) >= 11 is 6.85. The van der Waals surface area contributed by atoms with E-state index in [4.69, 9.17) is 11.6 Å². The van der Waals surface area contributed by atoms with Gasteiger partial charge in [-0.1, -0.05) is 99.2 Å². The fourth-order valence-corrected chi connectivity index (χ4v) is 6.82. The van der Waals surface area contributed by atoms with Gasteiger partial charge in [-0.25, -0.2) is 4.39 Å². The summed E-state index contributed by atoms with van der Waals surface area (Å²) in [6, 6.07) is 5.60. The van der Waals surface area contributed by atoms with Crippen LogP contribution in [0.3, 0.4) is 0 Å². The average molecular weight is 633 g/mol. The van der Waals surface area contributed by atoms with Crippen molar-refractivity contribution >= 4 is 35.9 Å². The minimum atomic E-state index is -0.323. The van der Waals surface area contributed by atoms with Crippen molar-refractivity contribution in [2.45, 2.75) is 131 Å². The molecule has 2 bridgehead atoms. The Morgan fingerprint density at radius 2 is 1.50 bits per heavy atom. The van der Waals surface area contributed by atoms with Gasteiger partial charge in [0, 0.05) is 21.8 Å². The third kappa shape index (κ3) is 16.8. The topological polar surface area (TPSA) is 72.2 Å². The first-order chi connectivity index (χ1) is 20.0. The number of rotatable bonds is 4. The number of halogens is 2. The molecule has 0 heterocycles. The molecular formula is C35H66ClFN2O2S. The van der Waals surface area contributed by atoms with Crippen LogP contribution < -0.4 is 11.1 Å². The van der Waals surface area contributed by atoms with E-state index in [1.807, 2.05) is 40.9 Å². The molecule has 0 aliphatic heterocycles. The Labute approximate surface area is 269 Å².